The largest absolute Gasteiger partial charge is 0.298 e. The van der Waals surface area contributed by atoms with Crippen LogP contribution in [0, 0.1) is 5.92 Å². The van der Waals surface area contributed by atoms with Crippen LogP contribution in [0.4, 0.5) is 0 Å². The van der Waals surface area contributed by atoms with Crippen LogP contribution >= 0.6 is 0 Å². The number of rotatable bonds is 3. The molecule has 1 aliphatic rings. The van der Waals surface area contributed by atoms with Crippen molar-refractivity contribution < 1.29 is 13.2 Å². The van der Waals surface area contributed by atoms with Gasteiger partial charge in [-0.25, -0.2) is 17.9 Å². The molecule has 6 nitrogen and oxygen atoms in total. The number of sulfone groups is 1. The molecule has 0 spiro atoms. The third-order valence-electron chi connectivity index (χ3n) is 3.34. The average Bonchev–Trinajstić information content (AvgIpc) is 2.91. The number of hydrogen-bond acceptors (Lipinski definition) is 5. The third-order valence-corrected chi connectivity index (χ3v) is 5.18. The van der Waals surface area contributed by atoms with E-state index in [1.165, 1.54) is 0 Å². The van der Waals surface area contributed by atoms with Gasteiger partial charge in [0.15, 0.2) is 21.3 Å². The molecular formula is C12H13N3O3S. The summed E-state index contributed by atoms with van der Waals surface area (Å²) in [5.41, 5.74) is 1.16. The first kappa shape index (κ1) is 12.3. The summed E-state index contributed by atoms with van der Waals surface area (Å²) in [6, 6.07) is 3.33. The molecule has 0 saturated carbocycles. The first-order valence-electron chi connectivity index (χ1n) is 6.07. The SMILES string of the molecule is O=Cc1ccn2nc(CC3CCS(=O)(=O)C3)nc2c1. The highest BCUT2D eigenvalue weighted by Gasteiger charge is 2.28. The maximum atomic E-state index is 11.4. The van der Waals surface area contributed by atoms with Gasteiger partial charge in [-0.1, -0.05) is 0 Å². The molecule has 100 valence electrons. The van der Waals surface area contributed by atoms with Crippen molar-refractivity contribution in [1.82, 2.24) is 14.6 Å². The second kappa shape index (κ2) is 4.41. The zero-order valence-electron chi connectivity index (χ0n) is 10.2. The molecule has 3 rings (SSSR count). The molecule has 19 heavy (non-hydrogen) atoms. The van der Waals surface area contributed by atoms with Crippen LogP contribution < -0.4 is 0 Å². The highest BCUT2D eigenvalue weighted by atomic mass is 32.2. The topological polar surface area (TPSA) is 81.4 Å². The molecule has 0 N–H and O–H groups in total. The van der Waals surface area contributed by atoms with E-state index in [2.05, 4.69) is 10.1 Å². The van der Waals surface area contributed by atoms with Gasteiger partial charge in [-0.3, -0.25) is 4.79 Å². The summed E-state index contributed by atoms with van der Waals surface area (Å²) in [7, 11) is -2.86. The van der Waals surface area contributed by atoms with Gasteiger partial charge in [-0.05, 0) is 24.5 Å². The molecule has 1 unspecified atom stereocenters. The molecule has 1 aliphatic heterocycles. The molecule has 0 aliphatic carbocycles. The smallest absolute Gasteiger partial charge is 0.156 e. The van der Waals surface area contributed by atoms with Crippen molar-refractivity contribution in [2.75, 3.05) is 11.5 Å². The summed E-state index contributed by atoms with van der Waals surface area (Å²) < 4.78 is 24.4. The number of aldehydes is 1. The second-order valence-electron chi connectivity index (χ2n) is 4.88. The standard InChI is InChI=1S/C12H13N3O3S/c16-7-9-1-3-15-12(6-9)13-11(14-15)5-10-2-4-19(17,18)8-10/h1,3,6-7,10H,2,4-5,8H2. The first-order chi connectivity index (χ1) is 9.05. The second-order valence-corrected chi connectivity index (χ2v) is 7.11. The van der Waals surface area contributed by atoms with E-state index in [-0.39, 0.29) is 17.4 Å². The highest BCUT2D eigenvalue weighted by molar-refractivity contribution is 7.91. The van der Waals surface area contributed by atoms with Crippen LogP contribution in [0.25, 0.3) is 5.65 Å². The molecular weight excluding hydrogens is 266 g/mol. The summed E-state index contributed by atoms with van der Waals surface area (Å²) in [6.07, 6.45) is 3.69. The molecule has 0 radical (unpaired) electrons. The Hall–Kier alpha value is -1.76. The fourth-order valence-electron chi connectivity index (χ4n) is 2.39. The number of nitrogens with zero attached hydrogens (tertiary/aromatic N) is 3. The number of aromatic nitrogens is 3. The van der Waals surface area contributed by atoms with E-state index in [0.717, 1.165) is 6.29 Å². The van der Waals surface area contributed by atoms with E-state index in [0.29, 0.717) is 29.9 Å². The molecule has 0 amide bonds. The quantitative estimate of drug-likeness (QED) is 0.765. The van der Waals surface area contributed by atoms with Gasteiger partial charge in [0, 0.05) is 18.2 Å². The summed E-state index contributed by atoms with van der Waals surface area (Å²) in [4.78, 5) is 15.0. The van der Waals surface area contributed by atoms with E-state index in [1.54, 1.807) is 22.8 Å². The fourth-order valence-corrected chi connectivity index (χ4v) is 4.26. The Kier molecular flexibility index (Phi) is 2.85. The predicted octanol–water partition coefficient (Wildman–Crippen LogP) is 0.519. The zero-order valence-corrected chi connectivity index (χ0v) is 11.0. The Morgan fingerprint density at radius 3 is 3.00 bits per heavy atom. The van der Waals surface area contributed by atoms with Crippen LogP contribution in [0.3, 0.4) is 0 Å². The number of carbonyl (C=O) groups is 1. The molecule has 1 fully saturated rings. The number of carbonyl (C=O) groups excluding carboxylic acids is 1. The van der Waals surface area contributed by atoms with E-state index < -0.39 is 9.84 Å². The fraction of sp³-hybridized carbons (Fsp3) is 0.417. The minimum atomic E-state index is -2.86. The third kappa shape index (κ3) is 2.51. The summed E-state index contributed by atoms with van der Waals surface area (Å²) in [5, 5.41) is 4.29. The van der Waals surface area contributed by atoms with Crippen LogP contribution in [0.5, 0.6) is 0 Å². The Morgan fingerprint density at radius 1 is 1.47 bits per heavy atom. The summed E-state index contributed by atoms with van der Waals surface area (Å²) in [5.74, 6) is 1.22. The molecule has 2 aromatic heterocycles. The van der Waals surface area contributed by atoms with Crippen molar-refractivity contribution in [1.29, 1.82) is 0 Å². The van der Waals surface area contributed by atoms with Gasteiger partial charge in [0.2, 0.25) is 0 Å². The van der Waals surface area contributed by atoms with Crippen LogP contribution in [-0.4, -0.2) is 40.8 Å². The molecule has 0 bridgehead atoms. The lowest BCUT2D eigenvalue weighted by Crippen LogP contribution is -2.08. The monoisotopic (exact) mass is 279 g/mol. The maximum absolute atomic E-state index is 11.4. The molecule has 1 atom stereocenters. The lowest BCUT2D eigenvalue weighted by Gasteiger charge is -2.01. The Morgan fingerprint density at radius 2 is 2.32 bits per heavy atom. The Labute approximate surface area is 110 Å². The minimum Gasteiger partial charge on any atom is -0.298 e. The van der Waals surface area contributed by atoms with Crippen LogP contribution in [0.2, 0.25) is 0 Å². The average molecular weight is 279 g/mol. The highest BCUT2D eigenvalue weighted by Crippen LogP contribution is 2.21. The molecule has 3 heterocycles. The van der Waals surface area contributed by atoms with Crippen molar-refractivity contribution in [2.45, 2.75) is 12.8 Å². The lowest BCUT2D eigenvalue weighted by atomic mass is 10.1. The van der Waals surface area contributed by atoms with Gasteiger partial charge in [-0.15, -0.1) is 0 Å². The molecule has 0 aromatic carbocycles. The van der Waals surface area contributed by atoms with E-state index in [1.807, 2.05) is 0 Å². The Bertz CT molecular complexity index is 736. The van der Waals surface area contributed by atoms with Crippen molar-refractivity contribution >= 4 is 21.8 Å². The predicted molar refractivity (Wildman–Crippen MR) is 68.8 cm³/mol. The molecule has 1 saturated heterocycles. The normalized spacial score (nSPS) is 21.8. The van der Waals surface area contributed by atoms with Crippen molar-refractivity contribution in [3.05, 3.63) is 29.7 Å². The van der Waals surface area contributed by atoms with E-state index in [4.69, 9.17) is 0 Å². The van der Waals surface area contributed by atoms with Crippen molar-refractivity contribution in [2.24, 2.45) is 5.92 Å². The van der Waals surface area contributed by atoms with Gasteiger partial charge in [0.1, 0.15) is 6.29 Å². The number of pyridine rings is 1. The van der Waals surface area contributed by atoms with Crippen molar-refractivity contribution in [3.63, 3.8) is 0 Å². The number of fused-ring (bicyclic) bond motifs is 1. The van der Waals surface area contributed by atoms with Gasteiger partial charge in [0.05, 0.1) is 11.5 Å². The summed E-state index contributed by atoms with van der Waals surface area (Å²) in [6.45, 7) is 0. The lowest BCUT2D eigenvalue weighted by molar-refractivity contribution is 0.112. The maximum Gasteiger partial charge on any atom is 0.156 e. The van der Waals surface area contributed by atoms with Gasteiger partial charge in [0.25, 0.3) is 0 Å². The van der Waals surface area contributed by atoms with Crippen LogP contribution in [-0.2, 0) is 16.3 Å². The van der Waals surface area contributed by atoms with Crippen molar-refractivity contribution in [3.8, 4) is 0 Å². The summed E-state index contributed by atoms with van der Waals surface area (Å²) >= 11 is 0. The molecule has 7 heteroatoms. The Balaban J connectivity index is 1.84. The van der Waals surface area contributed by atoms with E-state index >= 15 is 0 Å². The first-order valence-corrected chi connectivity index (χ1v) is 7.89. The van der Waals surface area contributed by atoms with Crippen LogP contribution in [0.15, 0.2) is 18.3 Å². The number of hydrogen-bond donors (Lipinski definition) is 0. The van der Waals surface area contributed by atoms with Gasteiger partial charge < -0.3 is 0 Å². The minimum absolute atomic E-state index is 0.105. The van der Waals surface area contributed by atoms with Crippen LogP contribution in [0.1, 0.15) is 22.6 Å². The van der Waals surface area contributed by atoms with E-state index in [9.17, 15) is 13.2 Å². The zero-order chi connectivity index (χ0) is 13.5. The molecule has 2 aromatic rings. The van der Waals surface area contributed by atoms with Gasteiger partial charge >= 0.3 is 0 Å². The van der Waals surface area contributed by atoms with Gasteiger partial charge in [-0.2, -0.15) is 5.10 Å².